The summed E-state index contributed by atoms with van der Waals surface area (Å²) in [5.74, 6) is 0. The fourth-order valence-electron chi connectivity index (χ4n) is 0.876. The van der Waals surface area contributed by atoms with Crippen molar-refractivity contribution >= 4 is 29.9 Å². The third kappa shape index (κ3) is 4.17. The van der Waals surface area contributed by atoms with E-state index >= 15 is 0 Å². The maximum absolute atomic E-state index is 5.49. The first-order chi connectivity index (χ1) is 7.09. The van der Waals surface area contributed by atoms with Crippen LogP contribution in [-0.2, 0) is 20.9 Å². The van der Waals surface area contributed by atoms with Gasteiger partial charge in [0.25, 0.3) is 5.19 Å². The average Bonchev–Trinajstić information content (AvgIpc) is 2.51. The highest BCUT2D eigenvalue weighted by molar-refractivity contribution is 8.07. The highest BCUT2D eigenvalue weighted by atomic mass is 32.5. The van der Waals surface area contributed by atoms with E-state index in [9.17, 15) is 0 Å². The predicted molar refractivity (Wildman–Crippen MR) is 65.0 cm³/mol. The van der Waals surface area contributed by atoms with E-state index in [-0.39, 0.29) is 0 Å². The molecule has 0 saturated heterocycles. The lowest BCUT2D eigenvalue weighted by molar-refractivity contribution is 0.217. The summed E-state index contributed by atoms with van der Waals surface area (Å²) in [4.78, 5) is 4.16. The first-order valence-corrected chi connectivity index (χ1v) is 8.04. The van der Waals surface area contributed by atoms with Gasteiger partial charge < -0.3 is 4.52 Å². The van der Waals surface area contributed by atoms with Crippen molar-refractivity contribution in [2.45, 2.75) is 20.8 Å². The highest BCUT2D eigenvalue weighted by Gasteiger charge is 2.22. The normalized spacial score (nSPS) is 11.7. The summed E-state index contributed by atoms with van der Waals surface area (Å²) in [6.07, 6.45) is 0. The van der Waals surface area contributed by atoms with Gasteiger partial charge in [0.15, 0.2) is 0 Å². The van der Waals surface area contributed by atoms with Gasteiger partial charge in [0, 0.05) is 17.2 Å². The third-order valence-electron chi connectivity index (χ3n) is 1.36. The zero-order chi connectivity index (χ0) is 11.3. The second-order valence-corrected chi connectivity index (χ2v) is 6.38. The third-order valence-corrected chi connectivity index (χ3v) is 4.72. The molecule has 0 bridgehead atoms. The lowest BCUT2D eigenvalue weighted by Gasteiger charge is -2.18. The molecule has 7 heteroatoms. The van der Waals surface area contributed by atoms with Gasteiger partial charge in [-0.1, -0.05) is 11.3 Å². The number of aryl methyl sites for hydroxylation is 1. The van der Waals surface area contributed by atoms with Crippen LogP contribution >= 0.6 is 18.1 Å². The summed E-state index contributed by atoms with van der Waals surface area (Å²) < 4.78 is 16.2. The van der Waals surface area contributed by atoms with Gasteiger partial charge in [-0.05, 0) is 20.8 Å². The maximum Gasteiger partial charge on any atom is 0.382 e. The molecule has 15 heavy (non-hydrogen) atoms. The van der Waals surface area contributed by atoms with Crippen LogP contribution in [0.4, 0.5) is 0 Å². The van der Waals surface area contributed by atoms with Crippen molar-refractivity contribution in [1.82, 2.24) is 4.98 Å². The number of hydrogen-bond acceptors (Lipinski definition) is 6. The molecule has 4 nitrogen and oxygen atoms in total. The van der Waals surface area contributed by atoms with E-state index < -0.39 is 6.72 Å². The van der Waals surface area contributed by atoms with E-state index in [2.05, 4.69) is 4.98 Å². The number of nitrogens with zero attached hydrogens (tertiary/aromatic N) is 1. The number of aromatic nitrogens is 1. The lowest BCUT2D eigenvalue weighted by atomic mass is 10.6. The van der Waals surface area contributed by atoms with Crippen LogP contribution in [0.2, 0.25) is 0 Å². The van der Waals surface area contributed by atoms with Crippen LogP contribution in [0.3, 0.4) is 0 Å². The molecule has 0 aliphatic rings. The number of rotatable bonds is 6. The van der Waals surface area contributed by atoms with E-state index in [1.54, 1.807) is 0 Å². The minimum Gasteiger partial charge on any atom is -0.396 e. The lowest BCUT2D eigenvalue weighted by Crippen LogP contribution is -2.01. The maximum atomic E-state index is 5.49. The summed E-state index contributed by atoms with van der Waals surface area (Å²) in [6.45, 7) is 3.91. The molecule has 1 aromatic heterocycles. The molecule has 0 N–H and O–H groups in total. The zero-order valence-electron chi connectivity index (χ0n) is 8.93. The highest BCUT2D eigenvalue weighted by Crippen LogP contribution is 2.50. The standard InChI is InChI=1S/C8H14NO3PS2/c1-4-10-13(14,11-5-2)12-8-9-7(3)6-15-8/h6H,4-5H2,1-3H3. The van der Waals surface area contributed by atoms with Crippen molar-refractivity contribution < 1.29 is 13.6 Å². The van der Waals surface area contributed by atoms with Crippen molar-refractivity contribution in [3.05, 3.63) is 11.1 Å². The molecule has 0 atom stereocenters. The van der Waals surface area contributed by atoms with Gasteiger partial charge in [0.2, 0.25) is 0 Å². The van der Waals surface area contributed by atoms with Crippen LogP contribution in [0.5, 0.6) is 5.19 Å². The van der Waals surface area contributed by atoms with Crippen molar-refractivity contribution in [3.63, 3.8) is 0 Å². The number of hydrogen-bond donors (Lipinski definition) is 0. The minimum atomic E-state index is -2.65. The summed E-state index contributed by atoms with van der Waals surface area (Å²) >= 11 is 6.60. The predicted octanol–water partition coefficient (Wildman–Crippen LogP) is 3.13. The molecule has 0 unspecified atom stereocenters. The molecule has 0 fully saturated rings. The van der Waals surface area contributed by atoms with E-state index in [0.717, 1.165) is 5.69 Å². The Labute approximate surface area is 98.8 Å². The molecule has 0 aliphatic heterocycles. The SMILES string of the molecule is CCOP(=S)(OCC)Oc1nc(C)cs1. The number of thiazole rings is 1. The summed E-state index contributed by atoms with van der Waals surface area (Å²) in [7, 11) is 0. The minimum absolute atomic E-state index is 0.474. The van der Waals surface area contributed by atoms with Gasteiger partial charge in [-0.25, -0.2) is 4.98 Å². The average molecular weight is 267 g/mol. The van der Waals surface area contributed by atoms with Crippen molar-refractivity contribution in [2.75, 3.05) is 13.2 Å². The van der Waals surface area contributed by atoms with E-state index in [4.69, 9.17) is 25.4 Å². The van der Waals surface area contributed by atoms with Gasteiger partial charge >= 0.3 is 6.72 Å². The van der Waals surface area contributed by atoms with Crippen LogP contribution in [0.1, 0.15) is 19.5 Å². The summed E-state index contributed by atoms with van der Waals surface area (Å²) in [5.41, 5.74) is 0.907. The van der Waals surface area contributed by atoms with E-state index in [1.807, 2.05) is 26.2 Å². The largest absolute Gasteiger partial charge is 0.396 e. The van der Waals surface area contributed by atoms with Gasteiger partial charge in [-0.3, -0.25) is 9.05 Å². The Bertz CT molecular complexity index is 345. The van der Waals surface area contributed by atoms with Crippen molar-refractivity contribution in [3.8, 4) is 5.19 Å². The molecule has 86 valence electrons. The Morgan fingerprint density at radius 1 is 1.40 bits per heavy atom. The molecule has 1 aromatic rings. The Balaban J connectivity index is 2.70. The van der Waals surface area contributed by atoms with Crippen molar-refractivity contribution in [1.29, 1.82) is 0 Å². The van der Waals surface area contributed by atoms with Crippen LogP contribution in [0.25, 0.3) is 0 Å². The molecule has 0 amide bonds. The smallest absolute Gasteiger partial charge is 0.382 e. The fourth-order valence-corrected chi connectivity index (χ4v) is 3.89. The van der Waals surface area contributed by atoms with Crippen LogP contribution in [0, 0.1) is 6.92 Å². The monoisotopic (exact) mass is 267 g/mol. The molecular weight excluding hydrogens is 253 g/mol. The topological polar surface area (TPSA) is 40.6 Å². The Hall–Kier alpha value is -0.0000000000000000833. The second-order valence-electron chi connectivity index (χ2n) is 2.63. The van der Waals surface area contributed by atoms with Crippen LogP contribution in [0.15, 0.2) is 5.38 Å². The summed E-state index contributed by atoms with van der Waals surface area (Å²) in [6, 6.07) is 0. The van der Waals surface area contributed by atoms with E-state index in [0.29, 0.717) is 18.4 Å². The van der Waals surface area contributed by atoms with Gasteiger partial charge in [-0.15, -0.1) is 0 Å². The quantitative estimate of drug-likeness (QED) is 0.741. The van der Waals surface area contributed by atoms with Crippen LogP contribution < -0.4 is 4.52 Å². The van der Waals surface area contributed by atoms with Gasteiger partial charge in [0.1, 0.15) is 0 Å². The molecule has 0 aliphatic carbocycles. The first kappa shape index (κ1) is 13.1. The Kier molecular flexibility index (Phi) is 5.15. The Morgan fingerprint density at radius 2 is 2.00 bits per heavy atom. The van der Waals surface area contributed by atoms with Gasteiger partial charge in [0.05, 0.1) is 18.9 Å². The van der Waals surface area contributed by atoms with Crippen molar-refractivity contribution in [2.24, 2.45) is 0 Å². The Morgan fingerprint density at radius 3 is 2.40 bits per heavy atom. The van der Waals surface area contributed by atoms with Gasteiger partial charge in [-0.2, -0.15) is 0 Å². The second kappa shape index (κ2) is 5.92. The molecule has 0 saturated carbocycles. The molecule has 0 radical (unpaired) electrons. The fraction of sp³-hybridized carbons (Fsp3) is 0.625. The van der Waals surface area contributed by atoms with Crippen LogP contribution in [-0.4, -0.2) is 18.2 Å². The summed E-state index contributed by atoms with van der Waals surface area (Å²) in [5, 5.41) is 2.41. The molecular formula is C8H14NO3PS2. The molecule has 0 spiro atoms. The zero-order valence-corrected chi connectivity index (χ0v) is 11.5. The van der Waals surface area contributed by atoms with E-state index in [1.165, 1.54) is 11.3 Å². The molecule has 0 aromatic carbocycles. The molecule has 1 rings (SSSR count). The first-order valence-electron chi connectivity index (χ1n) is 4.60. The molecule has 1 heterocycles.